The summed E-state index contributed by atoms with van der Waals surface area (Å²) in [6, 6.07) is 8.65. The molecule has 0 saturated heterocycles. The van der Waals surface area contributed by atoms with Gasteiger partial charge in [-0.25, -0.2) is 4.79 Å². The minimum absolute atomic E-state index is 0.539. The van der Waals surface area contributed by atoms with E-state index in [2.05, 4.69) is 0 Å². The van der Waals surface area contributed by atoms with E-state index in [4.69, 9.17) is 15.7 Å². The third kappa shape index (κ3) is 4.10. The van der Waals surface area contributed by atoms with Crippen LogP contribution in [0.4, 0.5) is 0 Å². The Balaban J connectivity index is 2.61. The minimum atomic E-state index is -0.955. The molecule has 1 aromatic carbocycles. The number of ether oxygens (including phenoxy) is 1. The van der Waals surface area contributed by atoms with Crippen LogP contribution in [0.25, 0.3) is 6.08 Å². The second-order valence-corrected chi connectivity index (χ2v) is 3.55. The second-order valence-electron chi connectivity index (χ2n) is 3.55. The molecule has 1 atom stereocenters. The number of primary amides is 1. The van der Waals surface area contributed by atoms with Crippen LogP contribution in [0.3, 0.4) is 0 Å². The number of carbonyl (C=O) groups is 2. The van der Waals surface area contributed by atoms with E-state index < -0.39 is 18.0 Å². The summed E-state index contributed by atoms with van der Waals surface area (Å²) in [4.78, 5) is 22.0. The van der Waals surface area contributed by atoms with Crippen LogP contribution >= 0.6 is 0 Å². The summed E-state index contributed by atoms with van der Waals surface area (Å²) < 4.78 is 4.73. The highest BCUT2D eigenvalue weighted by Gasteiger charge is 2.11. The molecule has 1 aromatic rings. The summed E-state index contributed by atoms with van der Waals surface area (Å²) in [7, 11) is 0. The van der Waals surface area contributed by atoms with Crippen LogP contribution in [-0.2, 0) is 14.3 Å². The van der Waals surface area contributed by atoms with Crippen molar-refractivity contribution in [1.29, 1.82) is 5.26 Å². The highest BCUT2D eigenvalue weighted by atomic mass is 16.5. The SMILES string of the molecule is C[C@@H](OC(=O)/C=C/c1ccc(C#N)cc1)C(N)=O. The van der Waals surface area contributed by atoms with Crippen LogP contribution in [0, 0.1) is 11.3 Å². The van der Waals surface area contributed by atoms with E-state index in [9.17, 15) is 9.59 Å². The van der Waals surface area contributed by atoms with Crippen molar-refractivity contribution < 1.29 is 14.3 Å². The minimum Gasteiger partial charge on any atom is -0.449 e. The Morgan fingerprint density at radius 3 is 2.50 bits per heavy atom. The largest absolute Gasteiger partial charge is 0.449 e. The number of hydrogen-bond donors (Lipinski definition) is 1. The average molecular weight is 244 g/mol. The molecule has 0 radical (unpaired) electrons. The number of hydrogen-bond acceptors (Lipinski definition) is 4. The van der Waals surface area contributed by atoms with Gasteiger partial charge in [0.2, 0.25) is 0 Å². The summed E-state index contributed by atoms with van der Waals surface area (Å²) in [6.07, 6.45) is 1.76. The predicted octanol–water partition coefficient (Wildman–Crippen LogP) is 0.988. The smallest absolute Gasteiger partial charge is 0.331 e. The number of carbonyl (C=O) groups excluding carboxylic acids is 2. The molecule has 5 heteroatoms. The number of nitriles is 1. The Bertz CT molecular complexity index is 512. The first-order chi connectivity index (χ1) is 8.52. The zero-order chi connectivity index (χ0) is 13.5. The third-order valence-electron chi connectivity index (χ3n) is 2.15. The molecule has 0 aliphatic carbocycles. The van der Waals surface area contributed by atoms with Crippen LogP contribution in [-0.4, -0.2) is 18.0 Å². The van der Waals surface area contributed by atoms with Crippen molar-refractivity contribution in [3.05, 3.63) is 41.5 Å². The van der Waals surface area contributed by atoms with Crippen LogP contribution in [0.2, 0.25) is 0 Å². The van der Waals surface area contributed by atoms with E-state index in [0.717, 1.165) is 5.56 Å². The van der Waals surface area contributed by atoms with Crippen LogP contribution in [0.1, 0.15) is 18.1 Å². The Labute approximate surface area is 104 Å². The molecule has 0 aromatic heterocycles. The maximum Gasteiger partial charge on any atom is 0.331 e. The monoisotopic (exact) mass is 244 g/mol. The molecular weight excluding hydrogens is 232 g/mol. The molecule has 2 N–H and O–H groups in total. The van der Waals surface area contributed by atoms with Gasteiger partial charge in [0.15, 0.2) is 6.10 Å². The zero-order valence-electron chi connectivity index (χ0n) is 9.79. The fraction of sp³-hybridized carbons (Fsp3) is 0.154. The Morgan fingerprint density at radius 2 is 2.00 bits per heavy atom. The van der Waals surface area contributed by atoms with Crippen molar-refractivity contribution in [2.75, 3.05) is 0 Å². The van der Waals surface area contributed by atoms with Gasteiger partial charge in [-0.15, -0.1) is 0 Å². The summed E-state index contributed by atoms with van der Waals surface area (Å²) >= 11 is 0. The van der Waals surface area contributed by atoms with E-state index in [-0.39, 0.29) is 0 Å². The molecule has 0 unspecified atom stereocenters. The van der Waals surface area contributed by atoms with Gasteiger partial charge in [0.25, 0.3) is 5.91 Å². The Kier molecular flexibility index (Phi) is 4.64. The standard InChI is InChI=1S/C13H12N2O3/c1-9(13(15)17)18-12(16)7-6-10-2-4-11(8-14)5-3-10/h2-7,9H,1H3,(H2,15,17)/b7-6+/t9-/m1/s1. The maximum atomic E-state index is 11.3. The summed E-state index contributed by atoms with van der Waals surface area (Å²) in [5.41, 5.74) is 6.24. The van der Waals surface area contributed by atoms with Gasteiger partial charge >= 0.3 is 5.97 Å². The normalized spacial score (nSPS) is 11.8. The highest BCUT2D eigenvalue weighted by Crippen LogP contribution is 2.05. The van der Waals surface area contributed by atoms with Crippen molar-refractivity contribution in [3.63, 3.8) is 0 Å². The molecule has 0 spiro atoms. The lowest BCUT2D eigenvalue weighted by Crippen LogP contribution is -2.29. The van der Waals surface area contributed by atoms with Crippen molar-refractivity contribution in [2.24, 2.45) is 5.73 Å². The van der Waals surface area contributed by atoms with Gasteiger partial charge < -0.3 is 10.5 Å². The molecule has 0 fully saturated rings. The van der Waals surface area contributed by atoms with Crippen molar-refractivity contribution in [1.82, 2.24) is 0 Å². The van der Waals surface area contributed by atoms with E-state index in [0.29, 0.717) is 5.56 Å². The van der Waals surface area contributed by atoms with Crippen molar-refractivity contribution in [3.8, 4) is 6.07 Å². The van der Waals surface area contributed by atoms with Gasteiger partial charge in [-0.3, -0.25) is 4.79 Å². The molecule has 0 saturated carbocycles. The van der Waals surface area contributed by atoms with E-state index in [1.165, 1.54) is 19.1 Å². The van der Waals surface area contributed by atoms with Crippen LogP contribution in [0.15, 0.2) is 30.3 Å². The van der Waals surface area contributed by atoms with Crippen molar-refractivity contribution in [2.45, 2.75) is 13.0 Å². The number of benzene rings is 1. The van der Waals surface area contributed by atoms with Gasteiger partial charge in [0, 0.05) is 6.08 Å². The molecule has 1 amide bonds. The van der Waals surface area contributed by atoms with Gasteiger partial charge in [0.1, 0.15) is 0 Å². The van der Waals surface area contributed by atoms with Crippen LogP contribution in [0.5, 0.6) is 0 Å². The molecule has 92 valence electrons. The lowest BCUT2D eigenvalue weighted by Gasteiger charge is -2.06. The lowest BCUT2D eigenvalue weighted by molar-refractivity contribution is -0.148. The van der Waals surface area contributed by atoms with Gasteiger partial charge in [-0.2, -0.15) is 5.26 Å². The first-order valence-electron chi connectivity index (χ1n) is 5.21. The number of nitrogens with two attached hydrogens (primary N) is 1. The number of esters is 1. The first kappa shape index (κ1) is 13.5. The Hall–Kier alpha value is -2.61. The average Bonchev–Trinajstić information content (AvgIpc) is 2.36. The fourth-order valence-electron chi connectivity index (χ4n) is 1.10. The number of amides is 1. The van der Waals surface area contributed by atoms with E-state index >= 15 is 0 Å². The van der Waals surface area contributed by atoms with E-state index in [1.54, 1.807) is 24.3 Å². The zero-order valence-corrected chi connectivity index (χ0v) is 9.79. The van der Waals surface area contributed by atoms with Gasteiger partial charge in [-0.05, 0) is 30.7 Å². The molecule has 0 heterocycles. The first-order valence-corrected chi connectivity index (χ1v) is 5.21. The fourth-order valence-corrected chi connectivity index (χ4v) is 1.10. The highest BCUT2D eigenvalue weighted by molar-refractivity contribution is 5.89. The van der Waals surface area contributed by atoms with Crippen molar-refractivity contribution >= 4 is 18.0 Å². The second kappa shape index (κ2) is 6.21. The Morgan fingerprint density at radius 1 is 1.39 bits per heavy atom. The van der Waals surface area contributed by atoms with Gasteiger partial charge in [-0.1, -0.05) is 12.1 Å². The molecule has 18 heavy (non-hydrogen) atoms. The molecule has 5 nitrogen and oxygen atoms in total. The quantitative estimate of drug-likeness (QED) is 0.631. The molecule has 0 bridgehead atoms. The number of nitrogens with zero attached hydrogens (tertiary/aromatic N) is 1. The topological polar surface area (TPSA) is 93.2 Å². The van der Waals surface area contributed by atoms with Gasteiger partial charge in [0.05, 0.1) is 11.6 Å². The molecule has 1 rings (SSSR count). The molecular formula is C13H12N2O3. The summed E-state index contributed by atoms with van der Waals surface area (Å²) in [5.74, 6) is -1.35. The van der Waals surface area contributed by atoms with Crippen LogP contribution < -0.4 is 5.73 Å². The third-order valence-corrected chi connectivity index (χ3v) is 2.15. The molecule has 0 aliphatic heterocycles. The lowest BCUT2D eigenvalue weighted by atomic mass is 10.1. The molecule has 0 aliphatic rings. The summed E-state index contributed by atoms with van der Waals surface area (Å²) in [6.45, 7) is 1.40. The van der Waals surface area contributed by atoms with E-state index in [1.807, 2.05) is 6.07 Å². The maximum absolute atomic E-state index is 11.3. The number of rotatable bonds is 4. The summed E-state index contributed by atoms with van der Waals surface area (Å²) in [5, 5.41) is 8.61. The predicted molar refractivity (Wildman–Crippen MR) is 64.9 cm³/mol.